The summed E-state index contributed by atoms with van der Waals surface area (Å²) in [4.78, 5) is 36.3. The smallest absolute Gasteiger partial charge is 0.294 e. The first kappa shape index (κ1) is 22.0. The van der Waals surface area contributed by atoms with Crippen molar-refractivity contribution >= 4 is 22.9 Å². The van der Waals surface area contributed by atoms with Gasteiger partial charge in [0.1, 0.15) is 11.3 Å². The van der Waals surface area contributed by atoms with E-state index in [1.54, 1.807) is 18.7 Å². The number of rotatable bonds is 6. The van der Waals surface area contributed by atoms with E-state index in [0.717, 1.165) is 24.1 Å². The van der Waals surface area contributed by atoms with Gasteiger partial charge in [0, 0.05) is 20.6 Å². The van der Waals surface area contributed by atoms with Crippen LogP contribution >= 0.6 is 0 Å². The van der Waals surface area contributed by atoms with Crippen molar-refractivity contribution in [2.45, 2.75) is 52.5 Å². The lowest BCUT2D eigenvalue weighted by Gasteiger charge is -2.23. The van der Waals surface area contributed by atoms with Crippen LogP contribution in [0.4, 0.5) is 5.82 Å². The number of carbonyl (C=O) groups is 1. The van der Waals surface area contributed by atoms with Crippen LogP contribution in [-0.2, 0) is 11.3 Å². The summed E-state index contributed by atoms with van der Waals surface area (Å²) in [6.45, 7) is 4.32. The van der Waals surface area contributed by atoms with Crippen LogP contribution < -0.4 is 10.9 Å². The molecule has 0 bridgehead atoms. The number of carbonyl (C=O) groups excluding carboxylic acids is 1. The Labute approximate surface area is 186 Å². The fraction of sp³-hybridized carbons (Fsp3) is 0.522. The van der Waals surface area contributed by atoms with Gasteiger partial charge in [-0.15, -0.1) is 0 Å². The molecule has 1 N–H and O–H groups in total. The number of hydrogen-bond acceptors (Lipinski definition) is 7. The van der Waals surface area contributed by atoms with Crippen LogP contribution in [0.1, 0.15) is 43.6 Å². The van der Waals surface area contributed by atoms with E-state index in [1.807, 2.05) is 26.0 Å². The van der Waals surface area contributed by atoms with Crippen molar-refractivity contribution in [3.8, 4) is 11.3 Å². The maximum Gasteiger partial charge on any atom is 0.294 e. The molecule has 0 saturated heterocycles. The molecule has 0 aromatic carbocycles. The molecule has 1 amide bonds. The maximum atomic E-state index is 13.4. The zero-order valence-corrected chi connectivity index (χ0v) is 19.1. The second-order valence-electron chi connectivity index (χ2n) is 8.76. The Kier molecular flexibility index (Phi) is 6.25. The molecule has 3 heterocycles. The summed E-state index contributed by atoms with van der Waals surface area (Å²) in [6.07, 6.45) is 5.81. The number of pyridine rings is 1. The molecular weight excluding hydrogens is 408 g/mol. The van der Waals surface area contributed by atoms with Crippen molar-refractivity contribution in [2.75, 3.05) is 26.0 Å². The zero-order valence-electron chi connectivity index (χ0n) is 19.1. The maximum absolute atomic E-state index is 13.4. The summed E-state index contributed by atoms with van der Waals surface area (Å²) in [5, 5.41) is 6.97. The fourth-order valence-corrected chi connectivity index (χ4v) is 4.34. The molecule has 0 radical (unpaired) electrons. The number of anilines is 1. The van der Waals surface area contributed by atoms with Crippen molar-refractivity contribution in [3.05, 3.63) is 33.9 Å². The van der Waals surface area contributed by atoms with E-state index in [1.165, 1.54) is 24.2 Å². The van der Waals surface area contributed by atoms with Gasteiger partial charge in [-0.2, -0.15) is 0 Å². The highest BCUT2D eigenvalue weighted by Gasteiger charge is 2.21. The molecule has 0 aliphatic heterocycles. The minimum absolute atomic E-state index is 0.00870. The topological polar surface area (TPSA) is 106 Å². The van der Waals surface area contributed by atoms with E-state index < -0.39 is 0 Å². The number of hydrogen-bond donors (Lipinski definition) is 1. The Morgan fingerprint density at radius 3 is 2.59 bits per heavy atom. The molecule has 4 rings (SSSR count). The van der Waals surface area contributed by atoms with E-state index >= 15 is 0 Å². The van der Waals surface area contributed by atoms with E-state index in [2.05, 4.69) is 15.5 Å². The third-order valence-corrected chi connectivity index (χ3v) is 6.15. The van der Waals surface area contributed by atoms with Gasteiger partial charge in [-0.25, -0.2) is 9.97 Å². The molecule has 1 fully saturated rings. The molecule has 0 spiro atoms. The molecule has 170 valence electrons. The number of fused-ring (bicyclic) bond motifs is 1. The normalized spacial score (nSPS) is 14.6. The van der Waals surface area contributed by atoms with Gasteiger partial charge in [0.05, 0.1) is 23.5 Å². The number of nitrogens with zero attached hydrogens (tertiary/aromatic N) is 5. The third-order valence-electron chi connectivity index (χ3n) is 6.15. The zero-order chi connectivity index (χ0) is 22.8. The Balaban J connectivity index is 1.80. The Morgan fingerprint density at radius 2 is 1.94 bits per heavy atom. The lowest BCUT2D eigenvalue weighted by molar-refractivity contribution is -0.126. The predicted molar refractivity (Wildman–Crippen MR) is 123 cm³/mol. The highest BCUT2D eigenvalue weighted by atomic mass is 16.5. The van der Waals surface area contributed by atoms with Crippen molar-refractivity contribution in [1.82, 2.24) is 24.6 Å². The molecule has 3 aromatic rings. The third kappa shape index (κ3) is 4.37. The molecule has 0 unspecified atom stereocenters. The minimum Gasteiger partial charge on any atom is -0.361 e. The van der Waals surface area contributed by atoms with Crippen LogP contribution in [0.2, 0.25) is 0 Å². The van der Waals surface area contributed by atoms with Crippen molar-refractivity contribution in [1.29, 1.82) is 0 Å². The Morgan fingerprint density at radius 1 is 1.19 bits per heavy atom. The number of likely N-dealkylation sites (N-methyl/N-ethyl adjacent to an activating group) is 1. The molecule has 1 aliphatic rings. The van der Waals surface area contributed by atoms with E-state index in [-0.39, 0.29) is 23.8 Å². The molecule has 1 aliphatic carbocycles. The second-order valence-corrected chi connectivity index (χ2v) is 8.76. The lowest BCUT2D eigenvalue weighted by atomic mass is 9.89. The second kappa shape index (κ2) is 9.10. The lowest BCUT2D eigenvalue weighted by Crippen LogP contribution is -2.33. The standard InChI is InChI=1S/C23H30N6O3/c1-14-20(15(2)32-27-14)17-10-11-18-22(26-17)29(13-16-8-6-5-7-9-16)23(31)21(25-18)24-12-19(30)28(3)4/h10-11,16H,5-9,12-13H2,1-4H3,(H,24,25). The van der Waals surface area contributed by atoms with Crippen molar-refractivity contribution < 1.29 is 9.32 Å². The number of aryl methyl sites for hydroxylation is 2. The summed E-state index contributed by atoms with van der Waals surface area (Å²) in [5.41, 5.74) is 3.19. The molecule has 3 aromatic heterocycles. The number of aromatic nitrogens is 4. The first-order valence-electron chi connectivity index (χ1n) is 11.1. The molecule has 1 saturated carbocycles. The van der Waals surface area contributed by atoms with Gasteiger partial charge in [-0.1, -0.05) is 24.4 Å². The Bertz CT molecular complexity index is 1170. The largest absolute Gasteiger partial charge is 0.361 e. The monoisotopic (exact) mass is 438 g/mol. The van der Waals surface area contributed by atoms with Gasteiger partial charge in [0.2, 0.25) is 5.91 Å². The molecule has 9 nitrogen and oxygen atoms in total. The summed E-state index contributed by atoms with van der Waals surface area (Å²) in [5.74, 6) is 1.16. The van der Waals surface area contributed by atoms with Gasteiger partial charge in [0.15, 0.2) is 11.5 Å². The quantitative estimate of drug-likeness (QED) is 0.630. The minimum atomic E-state index is -0.252. The SMILES string of the molecule is Cc1noc(C)c1-c1ccc2nc(NCC(=O)N(C)C)c(=O)n(CC3CCCCC3)c2n1. The van der Waals surface area contributed by atoms with Gasteiger partial charge in [0.25, 0.3) is 5.56 Å². The first-order chi connectivity index (χ1) is 15.3. The van der Waals surface area contributed by atoms with E-state index in [9.17, 15) is 9.59 Å². The van der Waals surface area contributed by atoms with Gasteiger partial charge in [-0.3, -0.25) is 14.2 Å². The summed E-state index contributed by atoms with van der Waals surface area (Å²) >= 11 is 0. The molecule has 9 heteroatoms. The van der Waals surface area contributed by atoms with Crippen LogP contribution in [0, 0.1) is 19.8 Å². The number of amides is 1. The van der Waals surface area contributed by atoms with Crippen LogP contribution in [0.25, 0.3) is 22.4 Å². The highest BCUT2D eigenvalue weighted by molar-refractivity contribution is 5.81. The van der Waals surface area contributed by atoms with Crippen molar-refractivity contribution in [3.63, 3.8) is 0 Å². The Hall–Kier alpha value is -3.23. The van der Waals surface area contributed by atoms with Crippen molar-refractivity contribution in [2.24, 2.45) is 5.92 Å². The predicted octanol–water partition coefficient (Wildman–Crippen LogP) is 3.14. The molecular formula is C23H30N6O3. The van der Waals surface area contributed by atoms with Crippen LogP contribution in [0.5, 0.6) is 0 Å². The first-order valence-corrected chi connectivity index (χ1v) is 11.1. The summed E-state index contributed by atoms with van der Waals surface area (Å²) in [7, 11) is 3.36. The molecule has 0 atom stereocenters. The van der Waals surface area contributed by atoms with Gasteiger partial charge in [-0.05, 0) is 44.7 Å². The van der Waals surface area contributed by atoms with E-state index in [4.69, 9.17) is 9.51 Å². The fourth-order valence-electron chi connectivity index (χ4n) is 4.34. The van der Waals surface area contributed by atoms with Crippen LogP contribution in [0.3, 0.4) is 0 Å². The molecule has 32 heavy (non-hydrogen) atoms. The van der Waals surface area contributed by atoms with Gasteiger partial charge >= 0.3 is 0 Å². The summed E-state index contributed by atoms with van der Waals surface area (Å²) in [6, 6.07) is 3.73. The average molecular weight is 439 g/mol. The average Bonchev–Trinajstić information content (AvgIpc) is 3.12. The van der Waals surface area contributed by atoms with Crippen LogP contribution in [-0.4, -0.2) is 51.1 Å². The van der Waals surface area contributed by atoms with Gasteiger partial charge < -0.3 is 14.7 Å². The summed E-state index contributed by atoms with van der Waals surface area (Å²) < 4.78 is 7.03. The van der Waals surface area contributed by atoms with E-state index in [0.29, 0.717) is 35.1 Å². The van der Waals surface area contributed by atoms with Crippen LogP contribution in [0.15, 0.2) is 21.5 Å². The highest BCUT2D eigenvalue weighted by Crippen LogP contribution is 2.28. The number of nitrogens with one attached hydrogen (secondary N) is 1.